The first-order valence-electron chi connectivity index (χ1n) is 7.46. The molecule has 9 heteroatoms. The van der Waals surface area contributed by atoms with E-state index >= 15 is 0 Å². The van der Waals surface area contributed by atoms with Crippen LogP contribution in [-0.2, 0) is 0 Å². The van der Waals surface area contributed by atoms with Crippen LogP contribution in [0.2, 0.25) is 10.3 Å². The third-order valence-corrected chi connectivity index (χ3v) is 3.62. The van der Waals surface area contributed by atoms with Crippen molar-refractivity contribution in [2.45, 2.75) is 0 Å². The van der Waals surface area contributed by atoms with Gasteiger partial charge in [-0.1, -0.05) is 23.2 Å². The number of carbonyl (C=O) groups is 1. The maximum atomic E-state index is 10.1. The Kier molecular flexibility index (Phi) is 7.85. The van der Waals surface area contributed by atoms with Gasteiger partial charge in [-0.05, 0) is 36.4 Å². The highest BCUT2D eigenvalue weighted by molar-refractivity contribution is 6.31. The first kappa shape index (κ1) is 20.0. The highest BCUT2D eigenvalue weighted by Gasteiger charge is 1.95. The van der Waals surface area contributed by atoms with Crippen molar-refractivity contribution in [1.29, 1.82) is 5.26 Å². The molecule has 0 aliphatic carbocycles. The number of nitrogens with zero attached hydrogens (tertiary/aromatic N) is 5. The molecule has 0 spiro atoms. The molecule has 4 heterocycles. The standard InChI is InChI=1S/C6H3ClN2.C6H4ClNO.C6H5N3/c7-6-5(4-8)2-1-3-9-6;7-6-5(4-9)2-1-3-8-6;1-2-5-4-8-9-6(5)7-3-1/h1-3H;1-4H;1-4H,(H,7,8,9). The minimum absolute atomic E-state index is 0.257. The van der Waals surface area contributed by atoms with Crippen molar-refractivity contribution in [3.05, 3.63) is 82.6 Å². The van der Waals surface area contributed by atoms with Crippen molar-refractivity contribution in [3.8, 4) is 6.07 Å². The number of halogens is 2. The molecule has 7 nitrogen and oxygen atoms in total. The van der Waals surface area contributed by atoms with E-state index in [2.05, 4.69) is 25.1 Å². The van der Waals surface area contributed by atoms with Crippen LogP contribution in [-0.4, -0.2) is 31.4 Å². The molecule has 1 N–H and O–H groups in total. The number of rotatable bonds is 1. The minimum Gasteiger partial charge on any atom is -0.298 e. The van der Waals surface area contributed by atoms with E-state index in [1.165, 1.54) is 6.20 Å². The number of nitriles is 1. The third-order valence-electron chi connectivity index (χ3n) is 3.01. The lowest BCUT2D eigenvalue weighted by Crippen LogP contribution is -1.82. The van der Waals surface area contributed by atoms with Gasteiger partial charge in [-0.3, -0.25) is 9.89 Å². The molecule has 4 rings (SSSR count). The predicted octanol–water partition coefficient (Wildman–Crippen LogP) is 4.11. The molecular weight excluding hydrogens is 387 g/mol. The summed E-state index contributed by atoms with van der Waals surface area (Å²) in [4.78, 5) is 21.5. The highest BCUT2D eigenvalue weighted by atomic mass is 35.5. The summed E-state index contributed by atoms with van der Waals surface area (Å²) >= 11 is 11.0. The lowest BCUT2D eigenvalue weighted by Gasteiger charge is -1.89. The van der Waals surface area contributed by atoms with Crippen LogP contribution in [0.4, 0.5) is 0 Å². The average Bonchev–Trinajstić information content (AvgIpc) is 3.19. The molecule has 0 saturated heterocycles. The molecule has 0 fully saturated rings. The van der Waals surface area contributed by atoms with Gasteiger partial charge >= 0.3 is 0 Å². The topological polar surface area (TPSA) is 108 Å². The number of hydrogen-bond donors (Lipinski definition) is 1. The van der Waals surface area contributed by atoms with Crippen LogP contribution in [0, 0.1) is 11.3 Å². The molecule has 0 unspecified atom stereocenters. The molecule has 4 aromatic rings. The van der Waals surface area contributed by atoms with E-state index in [-0.39, 0.29) is 10.3 Å². The summed E-state index contributed by atoms with van der Waals surface area (Å²) in [6.45, 7) is 0. The van der Waals surface area contributed by atoms with Crippen molar-refractivity contribution >= 4 is 40.5 Å². The van der Waals surface area contributed by atoms with Crippen molar-refractivity contribution < 1.29 is 4.79 Å². The minimum atomic E-state index is 0.257. The molecule has 4 aromatic heterocycles. The molecular formula is C18H12Cl2N6O. The van der Waals surface area contributed by atoms with Crippen LogP contribution in [0.1, 0.15) is 15.9 Å². The second kappa shape index (κ2) is 10.6. The third kappa shape index (κ3) is 6.15. The Morgan fingerprint density at radius 2 is 1.63 bits per heavy atom. The van der Waals surface area contributed by atoms with Crippen LogP contribution in [0.15, 0.2) is 61.2 Å². The number of aromatic nitrogens is 5. The van der Waals surface area contributed by atoms with Crippen molar-refractivity contribution in [3.63, 3.8) is 0 Å². The average molecular weight is 399 g/mol. The molecule has 0 radical (unpaired) electrons. The predicted molar refractivity (Wildman–Crippen MR) is 102 cm³/mol. The second-order valence-electron chi connectivity index (χ2n) is 4.77. The fraction of sp³-hybridized carbons (Fsp3) is 0. The quantitative estimate of drug-likeness (QED) is 0.381. The molecule has 0 amide bonds. The van der Waals surface area contributed by atoms with Gasteiger partial charge in [0.15, 0.2) is 11.9 Å². The van der Waals surface area contributed by atoms with E-state index < -0.39 is 0 Å². The van der Waals surface area contributed by atoms with Crippen LogP contribution >= 0.6 is 23.2 Å². The number of hydrogen-bond acceptors (Lipinski definition) is 6. The number of fused-ring (bicyclic) bond motifs is 1. The van der Waals surface area contributed by atoms with Crippen molar-refractivity contribution in [2.75, 3.05) is 0 Å². The van der Waals surface area contributed by atoms with E-state index in [0.717, 1.165) is 11.0 Å². The number of aromatic amines is 1. The number of nitrogens with one attached hydrogen (secondary N) is 1. The zero-order chi connectivity index (χ0) is 19.5. The molecule has 0 aliphatic rings. The second-order valence-corrected chi connectivity index (χ2v) is 5.48. The SMILES string of the molecule is N#Cc1cccnc1Cl.O=Cc1cccnc1Cl.c1cnc2[nH]ncc2c1. The van der Waals surface area contributed by atoms with E-state index in [9.17, 15) is 4.79 Å². The normalized spacial score (nSPS) is 9.22. The van der Waals surface area contributed by atoms with E-state index in [0.29, 0.717) is 17.4 Å². The van der Waals surface area contributed by atoms with Gasteiger partial charge in [-0.15, -0.1) is 0 Å². The summed E-state index contributed by atoms with van der Waals surface area (Å²) in [5.41, 5.74) is 1.69. The number of aldehydes is 1. The molecule has 27 heavy (non-hydrogen) atoms. The Morgan fingerprint density at radius 3 is 2.19 bits per heavy atom. The maximum Gasteiger partial charge on any atom is 0.155 e. The highest BCUT2D eigenvalue weighted by Crippen LogP contribution is 2.08. The van der Waals surface area contributed by atoms with Gasteiger partial charge < -0.3 is 0 Å². The summed E-state index contributed by atoms with van der Waals surface area (Å²) in [5, 5.41) is 16.5. The molecule has 0 aromatic carbocycles. The van der Waals surface area contributed by atoms with Crippen LogP contribution < -0.4 is 0 Å². The summed E-state index contributed by atoms with van der Waals surface area (Å²) in [6, 6.07) is 12.3. The summed E-state index contributed by atoms with van der Waals surface area (Å²) in [5.74, 6) is 0. The Morgan fingerprint density at radius 1 is 0.963 bits per heavy atom. The Balaban J connectivity index is 0.000000145. The van der Waals surface area contributed by atoms with E-state index in [1.54, 1.807) is 42.9 Å². The summed E-state index contributed by atoms with van der Waals surface area (Å²) in [7, 11) is 0. The number of H-pyrrole nitrogens is 1. The zero-order valence-corrected chi connectivity index (χ0v) is 15.3. The van der Waals surface area contributed by atoms with Gasteiger partial charge in [-0.2, -0.15) is 10.4 Å². The van der Waals surface area contributed by atoms with Crippen molar-refractivity contribution in [2.24, 2.45) is 0 Å². The van der Waals surface area contributed by atoms with E-state index in [1.807, 2.05) is 18.2 Å². The fourth-order valence-corrected chi connectivity index (χ4v) is 2.06. The van der Waals surface area contributed by atoms with Gasteiger partial charge in [0.1, 0.15) is 16.4 Å². The molecule has 0 atom stereocenters. The molecule has 0 saturated carbocycles. The van der Waals surface area contributed by atoms with Crippen LogP contribution in [0.3, 0.4) is 0 Å². The molecule has 134 valence electrons. The van der Waals surface area contributed by atoms with Gasteiger partial charge in [0.25, 0.3) is 0 Å². The van der Waals surface area contributed by atoms with E-state index in [4.69, 9.17) is 28.5 Å². The maximum absolute atomic E-state index is 10.1. The number of pyridine rings is 3. The first-order valence-corrected chi connectivity index (χ1v) is 8.21. The summed E-state index contributed by atoms with van der Waals surface area (Å²) in [6.07, 6.45) is 7.25. The van der Waals surface area contributed by atoms with Gasteiger partial charge in [0.05, 0.1) is 17.3 Å². The Bertz CT molecular complexity index is 1030. The Hall–Kier alpha value is -3.34. The Labute approximate surface area is 164 Å². The monoisotopic (exact) mass is 398 g/mol. The lowest BCUT2D eigenvalue weighted by atomic mass is 10.3. The number of carbonyl (C=O) groups excluding carboxylic acids is 1. The fourth-order valence-electron chi connectivity index (χ4n) is 1.73. The largest absolute Gasteiger partial charge is 0.298 e. The van der Waals surface area contributed by atoms with Gasteiger partial charge in [0.2, 0.25) is 0 Å². The summed E-state index contributed by atoms with van der Waals surface area (Å²) < 4.78 is 0. The molecule has 0 bridgehead atoms. The van der Waals surface area contributed by atoms with Crippen LogP contribution in [0.5, 0.6) is 0 Å². The first-order chi connectivity index (χ1) is 13.2. The lowest BCUT2D eigenvalue weighted by molar-refractivity contribution is 0.112. The van der Waals surface area contributed by atoms with Crippen molar-refractivity contribution in [1.82, 2.24) is 25.1 Å². The molecule has 0 aliphatic heterocycles. The smallest absolute Gasteiger partial charge is 0.155 e. The van der Waals surface area contributed by atoms with Gasteiger partial charge in [-0.25, -0.2) is 15.0 Å². The van der Waals surface area contributed by atoms with Gasteiger partial charge in [0, 0.05) is 24.0 Å². The van der Waals surface area contributed by atoms with Crippen LogP contribution in [0.25, 0.3) is 11.0 Å². The zero-order valence-electron chi connectivity index (χ0n) is 13.8.